The maximum absolute atomic E-state index is 5.93. The highest BCUT2D eigenvalue weighted by Gasteiger charge is 2.08. The van der Waals surface area contributed by atoms with Crippen LogP contribution in [0.3, 0.4) is 0 Å². The Bertz CT molecular complexity index is 582. The average Bonchev–Trinajstić information content (AvgIpc) is 2.47. The van der Waals surface area contributed by atoms with Crippen LogP contribution < -0.4 is 15.2 Å². The molecule has 0 heterocycles. The molecule has 0 saturated carbocycles. The zero-order chi connectivity index (χ0) is 15.2. The lowest BCUT2D eigenvalue weighted by Gasteiger charge is -2.14. The number of hydrogen-bond donors (Lipinski definition) is 1. The summed E-state index contributed by atoms with van der Waals surface area (Å²) in [4.78, 5) is 0. The number of hydrogen-bond acceptors (Lipinski definition) is 3. The zero-order valence-electron chi connectivity index (χ0n) is 12.3. The molecule has 0 bridgehead atoms. The molecule has 1 unspecified atom stereocenters. The van der Waals surface area contributed by atoms with Gasteiger partial charge in [0.25, 0.3) is 0 Å². The lowest BCUT2D eigenvalue weighted by atomic mass is 10.1. The molecule has 0 aliphatic heterocycles. The van der Waals surface area contributed by atoms with Gasteiger partial charge in [-0.3, -0.25) is 0 Å². The minimum absolute atomic E-state index is 0.0799. The van der Waals surface area contributed by atoms with E-state index in [1.807, 2.05) is 49.4 Å². The topological polar surface area (TPSA) is 44.5 Å². The molecule has 0 aliphatic carbocycles. The second-order valence-corrected chi connectivity index (χ2v) is 5.51. The van der Waals surface area contributed by atoms with Gasteiger partial charge in [-0.2, -0.15) is 0 Å². The van der Waals surface area contributed by atoms with E-state index in [1.165, 1.54) is 0 Å². The van der Waals surface area contributed by atoms with Crippen molar-refractivity contribution in [2.24, 2.45) is 5.73 Å². The van der Waals surface area contributed by atoms with Crippen molar-refractivity contribution in [1.82, 2.24) is 0 Å². The fourth-order valence-corrected chi connectivity index (χ4v) is 2.18. The maximum Gasteiger partial charge on any atom is 0.126 e. The van der Waals surface area contributed by atoms with Crippen molar-refractivity contribution in [1.29, 1.82) is 0 Å². The minimum Gasteiger partial charge on any atom is -0.497 e. The lowest BCUT2D eigenvalue weighted by Crippen LogP contribution is -2.18. The summed E-state index contributed by atoms with van der Waals surface area (Å²) in [7, 11) is 1.64. The molecule has 2 N–H and O–H groups in total. The van der Waals surface area contributed by atoms with Gasteiger partial charge in [0, 0.05) is 17.1 Å². The molecule has 0 fully saturated rings. The molecule has 21 heavy (non-hydrogen) atoms. The third-order valence-electron chi connectivity index (χ3n) is 3.12. The van der Waals surface area contributed by atoms with Crippen LogP contribution in [0.2, 0.25) is 5.02 Å². The minimum atomic E-state index is 0.0799. The van der Waals surface area contributed by atoms with E-state index in [0.29, 0.717) is 6.61 Å². The first-order valence-corrected chi connectivity index (χ1v) is 7.26. The van der Waals surface area contributed by atoms with Gasteiger partial charge in [-0.05, 0) is 42.7 Å². The summed E-state index contributed by atoms with van der Waals surface area (Å²) in [5, 5.41) is 0.720. The SMILES string of the molecule is COc1ccc(CC(C)N)c(OCc2ccc(Cl)cc2)c1. The van der Waals surface area contributed by atoms with Gasteiger partial charge in [0.05, 0.1) is 7.11 Å². The van der Waals surface area contributed by atoms with Crippen LogP contribution in [0.15, 0.2) is 42.5 Å². The molecule has 0 radical (unpaired) electrons. The van der Waals surface area contributed by atoms with Crippen molar-refractivity contribution in [2.45, 2.75) is 26.0 Å². The third-order valence-corrected chi connectivity index (χ3v) is 3.38. The zero-order valence-corrected chi connectivity index (χ0v) is 13.1. The Morgan fingerprint density at radius 3 is 2.48 bits per heavy atom. The Morgan fingerprint density at radius 1 is 1.14 bits per heavy atom. The summed E-state index contributed by atoms with van der Waals surface area (Å²) in [6.45, 7) is 2.46. The van der Waals surface area contributed by atoms with Gasteiger partial charge in [0.15, 0.2) is 0 Å². The van der Waals surface area contributed by atoms with Gasteiger partial charge in [0.2, 0.25) is 0 Å². The van der Waals surface area contributed by atoms with Crippen LogP contribution in [-0.2, 0) is 13.0 Å². The first kappa shape index (κ1) is 15.7. The summed E-state index contributed by atoms with van der Waals surface area (Å²) in [5.74, 6) is 1.58. The van der Waals surface area contributed by atoms with E-state index < -0.39 is 0 Å². The molecule has 0 saturated heterocycles. The summed E-state index contributed by atoms with van der Waals surface area (Å²) in [5.41, 5.74) is 8.03. The van der Waals surface area contributed by atoms with E-state index >= 15 is 0 Å². The Balaban J connectivity index is 2.14. The fraction of sp³-hybridized carbons (Fsp3) is 0.294. The van der Waals surface area contributed by atoms with E-state index in [1.54, 1.807) is 7.11 Å². The van der Waals surface area contributed by atoms with Crippen molar-refractivity contribution in [2.75, 3.05) is 7.11 Å². The number of halogens is 1. The van der Waals surface area contributed by atoms with Crippen molar-refractivity contribution in [3.05, 3.63) is 58.6 Å². The highest BCUT2D eigenvalue weighted by atomic mass is 35.5. The third kappa shape index (κ3) is 4.66. The van der Waals surface area contributed by atoms with Gasteiger partial charge >= 0.3 is 0 Å². The number of nitrogens with two attached hydrogens (primary N) is 1. The van der Waals surface area contributed by atoms with Gasteiger partial charge in [0.1, 0.15) is 18.1 Å². The Hall–Kier alpha value is -1.71. The Kier molecular flexibility index (Phi) is 5.48. The second kappa shape index (κ2) is 7.34. The molecule has 0 aliphatic rings. The van der Waals surface area contributed by atoms with Crippen LogP contribution in [0.4, 0.5) is 0 Å². The Labute approximate surface area is 130 Å². The van der Waals surface area contributed by atoms with Gasteiger partial charge in [-0.25, -0.2) is 0 Å². The average molecular weight is 306 g/mol. The summed E-state index contributed by atoms with van der Waals surface area (Å²) in [6.07, 6.45) is 0.764. The quantitative estimate of drug-likeness (QED) is 0.882. The lowest BCUT2D eigenvalue weighted by molar-refractivity contribution is 0.300. The summed E-state index contributed by atoms with van der Waals surface area (Å²) in [6, 6.07) is 13.5. The predicted molar refractivity (Wildman–Crippen MR) is 86.1 cm³/mol. The van der Waals surface area contributed by atoms with E-state index in [0.717, 1.165) is 34.1 Å². The number of ether oxygens (including phenoxy) is 2. The van der Waals surface area contributed by atoms with Gasteiger partial charge in [-0.15, -0.1) is 0 Å². The highest BCUT2D eigenvalue weighted by molar-refractivity contribution is 6.30. The fourth-order valence-electron chi connectivity index (χ4n) is 2.05. The molecule has 2 rings (SSSR count). The van der Waals surface area contributed by atoms with Crippen molar-refractivity contribution < 1.29 is 9.47 Å². The maximum atomic E-state index is 5.93. The van der Waals surface area contributed by atoms with Gasteiger partial charge < -0.3 is 15.2 Å². The normalized spacial score (nSPS) is 12.0. The molecule has 0 amide bonds. The monoisotopic (exact) mass is 305 g/mol. The summed E-state index contributed by atoms with van der Waals surface area (Å²) >= 11 is 5.88. The van der Waals surface area contributed by atoms with E-state index in [9.17, 15) is 0 Å². The van der Waals surface area contributed by atoms with E-state index in [2.05, 4.69) is 0 Å². The van der Waals surface area contributed by atoms with Crippen LogP contribution in [-0.4, -0.2) is 13.2 Å². The van der Waals surface area contributed by atoms with E-state index in [-0.39, 0.29) is 6.04 Å². The van der Waals surface area contributed by atoms with Crippen molar-refractivity contribution >= 4 is 11.6 Å². The number of rotatable bonds is 6. The van der Waals surface area contributed by atoms with Crippen LogP contribution in [0.25, 0.3) is 0 Å². The van der Waals surface area contributed by atoms with Crippen LogP contribution in [0, 0.1) is 0 Å². The molecule has 0 aromatic heterocycles. The molecule has 112 valence electrons. The van der Waals surface area contributed by atoms with Crippen molar-refractivity contribution in [3.63, 3.8) is 0 Å². The number of benzene rings is 2. The smallest absolute Gasteiger partial charge is 0.126 e. The molecule has 2 aromatic carbocycles. The molecule has 0 spiro atoms. The van der Waals surface area contributed by atoms with Crippen LogP contribution in [0.5, 0.6) is 11.5 Å². The second-order valence-electron chi connectivity index (χ2n) is 5.07. The Morgan fingerprint density at radius 2 is 1.86 bits per heavy atom. The molecule has 2 aromatic rings. The predicted octanol–water partition coefficient (Wildman–Crippen LogP) is 3.82. The first-order chi connectivity index (χ1) is 10.1. The van der Waals surface area contributed by atoms with Crippen LogP contribution in [0.1, 0.15) is 18.1 Å². The largest absolute Gasteiger partial charge is 0.497 e. The molecular weight excluding hydrogens is 286 g/mol. The molecule has 3 nitrogen and oxygen atoms in total. The van der Waals surface area contributed by atoms with E-state index in [4.69, 9.17) is 26.8 Å². The van der Waals surface area contributed by atoms with Crippen molar-refractivity contribution in [3.8, 4) is 11.5 Å². The van der Waals surface area contributed by atoms with Gasteiger partial charge in [-0.1, -0.05) is 29.8 Å². The first-order valence-electron chi connectivity index (χ1n) is 6.88. The highest BCUT2D eigenvalue weighted by Crippen LogP contribution is 2.26. The standard InChI is InChI=1S/C17H20ClNO2/c1-12(19)9-14-5-8-16(20-2)10-17(14)21-11-13-3-6-15(18)7-4-13/h3-8,10,12H,9,11,19H2,1-2H3. The molecule has 1 atom stereocenters. The number of methoxy groups -OCH3 is 1. The summed E-state index contributed by atoms with van der Waals surface area (Å²) < 4.78 is 11.2. The molecular formula is C17H20ClNO2. The molecule has 4 heteroatoms. The van der Waals surface area contributed by atoms with Crippen LogP contribution >= 0.6 is 11.6 Å².